The number of aromatic nitrogens is 1. The number of hydrogen-bond acceptors (Lipinski definition) is 6. The average Bonchev–Trinajstić information content (AvgIpc) is 3.06. The van der Waals surface area contributed by atoms with Gasteiger partial charge < -0.3 is 24.7 Å². The zero-order valence-electron chi connectivity index (χ0n) is 31.2. The monoisotopic (exact) mass is 697 g/mol. The molecule has 1 aliphatic heterocycles. The third-order valence-corrected chi connectivity index (χ3v) is 8.94. The Labute approximate surface area is 301 Å². The number of hydrogen-bond donors (Lipinski definition) is 2. The summed E-state index contributed by atoms with van der Waals surface area (Å²) in [7, 11) is 1.58. The fourth-order valence-corrected chi connectivity index (χ4v) is 6.18. The van der Waals surface area contributed by atoms with Crippen molar-refractivity contribution in [2.45, 2.75) is 86.4 Å². The van der Waals surface area contributed by atoms with Crippen molar-refractivity contribution in [3.8, 4) is 16.9 Å². The van der Waals surface area contributed by atoms with Crippen LogP contribution >= 0.6 is 0 Å². The van der Waals surface area contributed by atoms with Gasteiger partial charge in [-0.05, 0) is 106 Å². The molecule has 0 bridgehead atoms. The van der Waals surface area contributed by atoms with Crippen LogP contribution in [0.1, 0.15) is 85.9 Å². The molecule has 0 atom stereocenters. The van der Waals surface area contributed by atoms with E-state index < -0.39 is 11.6 Å². The van der Waals surface area contributed by atoms with Crippen molar-refractivity contribution in [3.05, 3.63) is 112 Å². The van der Waals surface area contributed by atoms with Crippen LogP contribution in [-0.2, 0) is 24.3 Å². The molecule has 0 unspecified atom stereocenters. The second-order valence-corrected chi connectivity index (χ2v) is 15.1. The third-order valence-electron chi connectivity index (χ3n) is 8.94. The van der Waals surface area contributed by atoms with Gasteiger partial charge in [-0.1, -0.05) is 50.2 Å². The smallest absolute Gasteiger partial charge is 0.307 e. The number of halogens is 1. The fourth-order valence-electron chi connectivity index (χ4n) is 6.18. The lowest BCUT2D eigenvalue weighted by molar-refractivity contribution is -0.136. The van der Waals surface area contributed by atoms with Crippen molar-refractivity contribution in [2.75, 3.05) is 25.1 Å². The minimum atomic E-state index is -0.878. The number of carbonyl (C=O) groups is 2. The maximum Gasteiger partial charge on any atom is 0.307 e. The van der Waals surface area contributed by atoms with Gasteiger partial charge in [-0.3, -0.25) is 14.6 Å². The summed E-state index contributed by atoms with van der Waals surface area (Å²) >= 11 is 0. The van der Waals surface area contributed by atoms with Crippen LogP contribution in [0.4, 0.5) is 10.1 Å². The molecule has 1 saturated heterocycles. The predicted molar refractivity (Wildman–Crippen MR) is 201 cm³/mol. The molecule has 0 radical (unpaired) electrons. The highest BCUT2D eigenvalue weighted by molar-refractivity contribution is 5.94. The number of pyridine rings is 1. The standard InChI is InChI=1S/C38H42FN3O4.C4H10O/c1-25-33(22-34(43)44)36(41-20-18-38(3,4)19-21-41)35(26(2)40-25)29-10-6-27(7-11-29)23-42(24-28-8-14-31(39)15-9-28)37(45)30-12-16-32(46-5)17-13-30;1-4(2,3)5/h6-17H,18-24H2,1-5H3,(H,43,44);5H,1-3H3. The number of benzene rings is 3. The number of anilines is 1. The van der Waals surface area contributed by atoms with Gasteiger partial charge in [0.25, 0.3) is 5.91 Å². The molecular formula is C42H52FN3O5. The summed E-state index contributed by atoms with van der Waals surface area (Å²) in [5.41, 5.74) is 7.24. The second-order valence-electron chi connectivity index (χ2n) is 15.1. The number of ether oxygens (including phenoxy) is 1. The average molecular weight is 698 g/mol. The number of aryl methyl sites for hydroxylation is 2. The zero-order chi connectivity index (χ0) is 37.5. The number of amides is 1. The molecule has 9 heteroatoms. The Balaban J connectivity index is 0.00000109. The summed E-state index contributed by atoms with van der Waals surface area (Å²) in [5.74, 6) is -0.690. The van der Waals surface area contributed by atoms with Crippen LogP contribution in [0.2, 0.25) is 0 Å². The largest absolute Gasteiger partial charge is 0.497 e. The van der Waals surface area contributed by atoms with Crippen molar-refractivity contribution in [2.24, 2.45) is 5.41 Å². The van der Waals surface area contributed by atoms with Gasteiger partial charge in [0.2, 0.25) is 0 Å². The van der Waals surface area contributed by atoms with Gasteiger partial charge in [0, 0.05) is 54.3 Å². The first-order chi connectivity index (χ1) is 23.9. The lowest BCUT2D eigenvalue weighted by atomic mass is 9.82. The van der Waals surface area contributed by atoms with E-state index in [0.717, 1.165) is 70.8 Å². The molecule has 3 aromatic carbocycles. The summed E-state index contributed by atoms with van der Waals surface area (Å²) in [6, 6.07) is 21.3. The zero-order valence-corrected chi connectivity index (χ0v) is 31.2. The van der Waals surface area contributed by atoms with Crippen LogP contribution in [0.3, 0.4) is 0 Å². The summed E-state index contributed by atoms with van der Waals surface area (Å²) in [4.78, 5) is 34.6. The van der Waals surface area contributed by atoms with Gasteiger partial charge >= 0.3 is 5.97 Å². The van der Waals surface area contributed by atoms with Crippen LogP contribution in [0.5, 0.6) is 5.75 Å². The van der Waals surface area contributed by atoms with E-state index in [4.69, 9.17) is 14.8 Å². The first-order valence-electron chi connectivity index (χ1n) is 17.4. The van der Waals surface area contributed by atoms with Gasteiger partial charge in [-0.2, -0.15) is 0 Å². The van der Waals surface area contributed by atoms with Crippen molar-refractivity contribution < 1.29 is 28.9 Å². The van der Waals surface area contributed by atoms with Crippen LogP contribution in [-0.4, -0.2) is 57.8 Å². The summed E-state index contributed by atoms with van der Waals surface area (Å²) < 4.78 is 18.9. The van der Waals surface area contributed by atoms with Gasteiger partial charge in [-0.15, -0.1) is 0 Å². The summed E-state index contributed by atoms with van der Waals surface area (Å²) in [5, 5.41) is 18.3. The third kappa shape index (κ3) is 11.1. The Morgan fingerprint density at radius 3 is 1.88 bits per heavy atom. The Bertz CT molecular complexity index is 1780. The molecule has 4 aromatic rings. The number of methoxy groups -OCH3 is 1. The fraction of sp³-hybridized carbons (Fsp3) is 0.405. The SMILES string of the molecule is CC(C)(C)O.COc1ccc(C(=O)N(Cc2ccc(F)cc2)Cc2ccc(-c3c(C)nc(C)c(CC(=O)O)c3N3CCC(C)(C)CC3)cc2)cc1. The van der Waals surface area contributed by atoms with Crippen molar-refractivity contribution >= 4 is 17.6 Å². The quantitative estimate of drug-likeness (QED) is 0.172. The first kappa shape index (κ1) is 39.0. The molecule has 272 valence electrons. The number of aliphatic hydroxyl groups is 1. The van der Waals surface area contributed by atoms with Gasteiger partial charge in [-0.25, -0.2) is 4.39 Å². The highest BCUT2D eigenvalue weighted by Crippen LogP contribution is 2.41. The number of aliphatic carboxylic acids is 1. The maximum atomic E-state index is 13.7. The minimum absolute atomic E-state index is 0.0920. The Hall–Kier alpha value is -4.76. The van der Waals surface area contributed by atoms with E-state index in [9.17, 15) is 19.1 Å². The first-order valence-corrected chi connectivity index (χ1v) is 17.4. The van der Waals surface area contributed by atoms with Gasteiger partial charge in [0.15, 0.2) is 0 Å². The molecule has 2 heterocycles. The van der Waals surface area contributed by atoms with Crippen molar-refractivity contribution in [1.29, 1.82) is 0 Å². The summed E-state index contributed by atoms with van der Waals surface area (Å²) in [6.45, 7) is 16.0. The molecule has 1 aliphatic rings. The number of carbonyl (C=O) groups excluding carboxylic acids is 1. The molecule has 0 aliphatic carbocycles. The molecule has 0 spiro atoms. The van der Waals surface area contributed by atoms with E-state index >= 15 is 0 Å². The maximum absolute atomic E-state index is 13.7. The van der Waals surface area contributed by atoms with E-state index in [-0.39, 0.29) is 23.6 Å². The molecule has 2 N–H and O–H groups in total. The molecule has 0 saturated carbocycles. The molecule has 1 amide bonds. The Kier molecular flexibility index (Phi) is 12.6. The topological polar surface area (TPSA) is 103 Å². The normalized spacial score (nSPS) is 14.0. The number of piperidine rings is 1. The predicted octanol–water partition coefficient (Wildman–Crippen LogP) is 8.39. The van der Waals surface area contributed by atoms with Crippen LogP contribution in [0.15, 0.2) is 72.8 Å². The number of nitrogens with zero attached hydrogens (tertiary/aromatic N) is 3. The van der Waals surface area contributed by atoms with Crippen LogP contribution in [0.25, 0.3) is 11.1 Å². The number of carboxylic acid groups (broad SMARTS) is 1. The molecule has 51 heavy (non-hydrogen) atoms. The Morgan fingerprint density at radius 1 is 0.882 bits per heavy atom. The van der Waals surface area contributed by atoms with Crippen molar-refractivity contribution in [3.63, 3.8) is 0 Å². The molecule has 5 rings (SSSR count). The van der Waals surface area contributed by atoms with E-state index in [1.165, 1.54) is 12.1 Å². The lowest BCUT2D eigenvalue weighted by Crippen LogP contribution is -2.38. The Morgan fingerprint density at radius 2 is 1.39 bits per heavy atom. The van der Waals surface area contributed by atoms with E-state index in [0.29, 0.717) is 24.4 Å². The van der Waals surface area contributed by atoms with Crippen molar-refractivity contribution in [1.82, 2.24) is 9.88 Å². The summed E-state index contributed by atoms with van der Waals surface area (Å²) in [6.07, 6.45) is 1.94. The lowest BCUT2D eigenvalue weighted by Gasteiger charge is -2.40. The highest BCUT2D eigenvalue weighted by atomic mass is 19.1. The highest BCUT2D eigenvalue weighted by Gasteiger charge is 2.30. The molecular weight excluding hydrogens is 645 g/mol. The molecule has 8 nitrogen and oxygen atoms in total. The second kappa shape index (κ2) is 16.5. The van der Waals surface area contributed by atoms with E-state index in [2.05, 4.69) is 18.7 Å². The van der Waals surface area contributed by atoms with E-state index in [1.807, 2.05) is 38.1 Å². The number of carboxylic acids is 1. The van der Waals surface area contributed by atoms with Gasteiger partial charge in [0.05, 0.1) is 24.8 Å². The molecule has 1 aromatic heterocycles. The minimum Gasteiger partial charge on any atom is -0.497 e. The van der Waals surface area contributed by atoms with Crippen LogP contribution in [0, 0.1) is 25.1 Å². The van der Waals surface area contributed by atoms with E-state index in [1.54, 1.807) is 69.2 Å². The van der Waals surface area contributed by atoms with Gasteiger partial charge in [0.1, 0.15) is 11.6 Å². The molecule has 1 fully saturated rings. The van der Waals surface area contributed by atoms with Crippen LogP contribution < -0.4 is 9.64 Å². The number of rotatable bonds is 10.